The van der Waals surface area contributed by atoms with Crippen LogP contribution in [-0.4, -0.2) is 34.5 Å². The average molecular weight is 313 g/mol. The molecule has 0 saturated carbocycles. The predicted octanol–water partition coefficient (Wildman–Crippen LogP) is 2.21. The normalized spacial score (nSPS) is 17.9. The Hall–Kier alpha value is -2.63. The Morgan fingerprint density at radius 2 is 2.13 bits per heavy atom. The van der Waals surface area contributed by atoms with E-state index in [2.05, 4.69) is 4.98 Å². The van der Waals surface area contributed by atoms with Crippen molar-refractivity contribution in [1.82, 2.24) is 9.88 Å². The minimum Gasteiger partial charge on any atom is -0.444 e. The van der Waals surface area contributed by atoms with Crippen LogP contribution in [0.25, 0.3) is 10.9 Å². The number of pyridine rings is 1. The fourth-order valence-corrected chi connectivity index (χ4v) is 2.87. The quantitative estimate of drug-likeness (QED) is 0.941. The highest BCUT2D eigenvalue weighted by Crippen LogP contribution is 2.19. The molecule has 1 aliphatic heterocycles. The Morgan fingerprint density at radius 3 is 2.96 bits per heavy atom. The summed E-state index contributed by atoms with van der Waals surface area (Å²) >= 11 is 0. The molecule has 6 heteroatoms. The molecule has 1 saturated heterocycles. The largest absolute Gasteiger partial charge is 0.444 e. The number of nitrogens with zero attached hydrogens (tertiary/aromatic N) is 2. The Labute approximate surface area is 134 Å². The van der Waals surface area contributed by atoms with Crippen LogP contribution in [0, 0.1) is 0 Å². The first-order chi connectivity index (χ1) is 11.1. The van der Waals surface area contributed by atoms with Crippen LogP contribution in [0.4, 0.5) is 4.79 Å². The Bertz CT molecular complexity index is 732. The van der Waals surface area contributed by atoms with Gasteiger partial charge in [-0.15, -0.1) is 0 Å². The van der Waals surface area contributed by atoms with Crippen LogP contribution in [0.1, 0.15) is 24.8 Å². The maximum absolute atomic E-state index is 12.2. The third-order valence-electron chi connectivity index (χ3n) is 4.08. The molecule has 2 N–H and O–H groups in total. The summed E-state index contributed by atoms with van der Waals surface area (Å²) in [7, 11) is 0. The highest BCUT2D eigenvalue weighted by molar-refractivity contribution is 5.84. The summed E-state index contributed by atoms with van der Waals surface area (Å²) in [5.74, 6) is -0.478. The molecule has 0 aliphatic carbocycles. The molecule has 1 aliphatic rings. The predicted molar refractivity (Wildman–Crippen MR) is 85.5 cm³/mol. The molecule has 6 nitrogen and oxygen atoms in total. The van der Waals surface area contributed by atoms with Crippen LogP contribution in [-0.2, 0) is 16.1 Å². The number of benzene rings is 1. The third kappa shape index (κ3) is 3.41. The van der Waals surface area contributed by atoms with Crippen molar-refractivity contribution in [2.24, 2.45) is 5.73 Å². The van der Waals surface area contributed by atoms with Crippen LogP contribution in [0.2, 0.25) is 0 Å². The van der Waals surface area contributed by atoms with Gasteiger partial charge in [0, 0.05) is 23.7 Å². The number of hydrogen-bond acceptors (Lipinski definition) is 4. The summed E-state index contributed by atoms with van der Waals surface area (Å²) in [5, 5.41) is 0.994. The van der Waals surface area contributed by atoms with Gasteiger partial charge in [-0.25, -0.2) is 4.79 Å². The number of piperidine rings is 1. The molecule has 23 heavy (non-hydrogen) atoms. The van der Waals surface area contributed by atoms with E-state index in [9.17, 15) is 9.59 Å². The number of primary amides is 1. The van der Waals surface area contributed by atoms with Gasteiger partial charge in [0.25, 0.3) is 0 Å². The van der Waals surface area contributed by atoms with Gasteiger partial charge in [0.05, 0.1) is 5.52 Å². The van der Waals surface area contributed by atoms with Gasteiger partial charge in [-0.1, -0.05) is 18.2 Å². The second kappa shape index (κ2) is 6.64. The fourth-order valence-electron chi connectivity index (χ4n) is 2.87. The van der Waals surface area contributed by atoms with Crippen molar-refractivity contribution in [3.63, 3.8) is 0 Å². The first kappa shape index (κ1) is 15.3. The van der Waals surface area contributed by atoms with Crippen LogP contribution >= 0.6 is 0 Å². The van der Waals surface area contributed by atoms with E-state index in [0.717, 1.165) is 29.3 Å². The Kier molecular flexibility index (Phi) is 4.41. The molecule has 120 valence electrons. The molecule has 2 aromatic rings. The molecule has 1 atom stereocenters. The standard InChI is InChI=1S/C17H19N3O3/c18-16(21)15-7-3-4-8-20(15)17(22)23-11-12-9-13-5-1-2-6-14(13)19-10-12/h1-2,5-6,9-10,15H,3-4,7-8,11H2,(H2,18,21)/t15-/m0/s1. The maximum Gasteiger partial charge on any atom is 0.410 e. The first-order valence-corrected chi connectivity index (χ1v) is 7.71. The van der Waals surface area contributed by atoms with Crippen LogP contribution in [0.15, 0.2) is 36.5 Å². The number of carbonyl (C=O) groups excluding carboxylic acids is 2. The van der Waals surface area contributed by atoms with Crippen molar-refractivity contribution in [3.05, 3.63) is 42.1 Å². The topological polar surface area (TPSA) is 85.5 Å². The van der Waals surface area contributed by atoms with Crippen LogP contribution in [0.3, 0.4) is 0 Å². The van der Waals surface area contributed by atoms with E-state index >= 15 is 0 Å². The average Bonchev–Trinajstić information content (AvgIpc) is 2.59. The fraction of sp³-hybridized carbons (Fsp3) is 0.353. The molecule has 0 spiro atoms. The number of nitrogens with two attached hydrogens (primary N) is 1. The van der Waals surface area contributed by atoms with Gasteiger partial charge in [-0.2, -0.15) is 0 Å². The molecular formula is C17H19N3O3. The summed E-state index contributed by atoms with van der Waals surface area (Å²) in [5.41, 5.74) is 7.07. The van der Waals surface area contributed by atoms with Gasteiger partial charge in [0.15, 0.2) is 0 Å². The second-order valence-corrected chi connectivity index (χ2v) is 5.70. The van der Waals surface area contributed by atoms with Crippen molar-refractivity contribution in [3.8, 4) is 0 Å². The van der Waals surface area contributed by atoms with Crippen molar-refractivity contribution in [1.29, 1.82) is 0 Å². The SMILES string of the molecule is NC(=O)[C@@H]1CCCCN1C(=O)OCc1cnc2ccccc2c1. The van der Waals surface area contributed by atoms with Crippen molar-refractivity contribution >= 4 is 22.9 Å². The number of likely N-dealkylation sites (tertiary alicyclic amines) is 1. The Morgan fingerprint density at radius 1 is 1.30 bits per heavy atom. The van der Waals surface area contributed by atoms with E-state index in [1.54, 1.807) is 6.20 Å². The summed E-state index contributed by atoms with van der Waals surface area (Å²) in [6.07, 6.45) is 3.54. The van der Waals surface area contributed by atoms with Gasteiger partial charge in [-0.3, -0.25) is 14.7 Å². The molecule has 3 rings (SSSR count). The van der Waals surface area contributed by atoms with E-state index in [1.807, 2.05) is 30.3 Å². The van der Waals surface area contributed by atoms with E-state index in [-0.39, 0.29) is 6.61 Å². The van der Waals surface area contributed by atoms with Gasteiger partial charge < -0.3 is 10.5 Å². The maximum atomic E-state index is 12.2. The molecule has 0 unspecified atom stereocenters. The molecular weight excluding hydrogens is 294 g/mol. The lowest BCUT2D eigenvalue weighted by Gasteiger charge is -2.32. The monoisotopic (exact) mass is 313 g/mol. The lowest BCUT2D eigenvalue weighted by Crippen LogP contribution is -2.50. The van der Waals surface area contributed by atoms with Gasteiger partial charge in [0.1, 0.15) is 12.6 Å². The molecule has 0 radical (unpaired) electrons. The number of ether oxygens (including phenoxy) is 1. The van der Waals surface area contributed by atoms with Crippen molar-refractivity contribution in [2.75, 3.05) is 6.54 Å². The van der Waals surface area contributed by atoms with Crippen molar-refractivity contribution in [2.45, 2.75) is 31.9 Å². The highest BCUT2D eigenvalue weighted by Gasteiger charge is 2.31. The first-order valence-electron chi connectivity index (χ1n) is 7.71. The minimum atomic E-state index is -0.564. The number of carbonyl (C=O) groups is 2. The number of amides is 2. The molecule has 0 bridgehead atoms. The number of hydrogen-bond donors (Lipinski definition) is 1. The third-order valence-corrected chi connectivity index (χ3v) is 4.08. The molecule has 1 fully saturated rings. The van der Waals surface area contributed by atoms with Gasteiger partial charge in [-0.05, 0) is 31.4 Å². The zero-order chi connectivity index (χ0) is 16.2. The van der Waals surface area contributed by atoms with Crippen LogP contribution in [0.5, 0.6) is 0 Å². The van der Waals surface area contributed by atoms with E-state index in [4.69, 9.17) is 10.5 Å². The van der Waals surface area contributed by atoms with Crippen molar-refractivity contribution < 1.29 is 14.3 Å². The highest BCUT2D eigenvalue weighted by atomic mass is 16.6. The minimum absolute atomic E-state index is 0.124. The summed E-state index contributed by atoms with van der Waals surface area (Å²) in [6, 6.07) is 9.13. The summed E-state index contributed by atoms with van der Waals surface area (Å²) in [6.45, 7) is 0.626. The van der Waals surface area contributed by atoms with Gasteiger partial charge >= 0.3 is 6.09 Å². The van der Waals surface area contributed by atoms with Gasteiger partial charge in [0.2, 0.25) is 5.91 Å². The molecule has 2 heterocycles. The zero-order valence-corrected chi connectivity index (χ0v) is 12.8. The van der Waals surface area contributed by atoms with Crippen LogP contribution < -0.4 is 5.73 Å². The summed E-state index contributed by atoms with van der Waals surface area (Å²) in [4.78, 5) is 29.4. The molecule has 1 aromatic carbocycles. The lowest BCUT2D eigenvalue weighted by atomic mass is 10.0. The van der Waals surface area contributed by atoms with E-state index in [1.165, 1.54) is 4.90 Å². The molecule has 2 amide bonds. The number of fused-ring (bicyclic) bond motifs is 1. The second-order valence-electron chi connectivity index (χ2n) is 5.70. The number of rotatable bonds is 3. The number of para-hydroxylation sites is 1. The molecule has 1 aromatic heterocycles. The summed E-state index contributed by atoms with van der Waals surface area (Å²) < 4.78 is 5.34. The zero-order valence-electron chi connectivity index (χ0n) is 12.8. The smallest absolute Gasteiger partial charge is 0.410 e. The van der Waals surface area contributed by atoms with E-state index in [0.29, 0.717) is 13.0 Å². The number of aromatic nitrogens is 1. The van der Waals surface area contributed by atoms with E-state index < -0.39 is 18.0 Å². The Balaban J connectivity index is 1.66. The lowest BCUT2D eigenvalue weighted by molar-refractivity contribution is -0.123.